The zero-order valence-corrected chi connectivity index (χ0v) is 10.1. The zero-order chi connectivity index (χ0) is 12.4. The molecule has 4 nitrogen and oxygen atoms in total. The average Bonchev–Trinajstić information content (AvgIpc) is 2.70. The van der Waals surface area contributed by atoms with Crippen molar-refractivity contribution in [1.29, 1.82) is 5.41 Å². The molecule has 0 bridgehead atoms. The van der Waals surface area contributed by atoms with Gasteiger partial charge in [-0.2, -0.15) is 0 Å². The van der Waals surface area contributed by atoms with Crippen LogP contribution in [0.5, 0.6) is 0 Å². The first-order valence-corrected chi connectivity index (χ1v) is 5.96. The molecule has 2 atom stereocenters. The van der Waals surface area contributed by atoms with Gasteiger partial charge in [-0.15, -0.1) is 0 Å². The Hall–Kier alpha value is -1.55. The Bertz CT molecular complexity index is 419. The summed E-state index contributed by atoms with van der Waals surface area (Å²) in [6, 6.07) is 7.79. The fourth-order valence-electron chi connectivity index (χ4n) is 2.54. The van der Waals surface area contributed by atoms with Gasteiger partial charge < -0.3 is 15.7 Å². The van der Waals surface area contributed by atoms with Crippen molar-refractivity contribution in [2.45, 2.75) is 19.4 Å². The van der Waals surface area contributed by atoms with Crippen molar-refractivity contribution in [3.05, 3.63) is 29.8 Å². The highest BCUT2D eigenvalue weighted by molar-refractivity contribution is 6.00. The number of nitrogens with zero attached hydrogens (tertiary/aromatic N) is 1. The first-order valence-electron chi connectivity index (χ1n) is 5.96. The smallest absolute Gasteiger partial charge is 0.124 e. The maximum Gasteiger partial charge on any atom is 0.124 e. The summed E-state index contributed by atoms with van der Waals surface area (Å²) >= 11 is 0. The van der Waals surface area contributed by atoms with Crippen molar-refractivity contribution in [3.8, 4) is 0 Å². The van der Waals surface area contributed by atoms with Crippen LogP contribution in [0.15, 0.2) is 24.3 Å². The summed E-state index contributed by atoms with van der Waals surface area (Å²) in [5, 5.41) is 17.1. The number of para-hydroxylation sites is 1. The molecule has 0 amide bonds. The molecule has 17 heavy (non-hydrogen) atoms. The standard InChI is InChI=1S/C13H19N3O/c1-9-6-7-16(12(9)8-17)11-5-3-2-4-10(11)13(14)15/h2-5,9,12,17H,6-8H2,1H3,(H3,14,15). The molecule has 1 heterocycles. The second-order valence-electron chi connectivity index (χ2n) is 4.64. The number of nitrogens with two attached hydrogens (primary N) is 1. The van der Waals surface area contributed by atoms with Gasteiger partial charge in [-0.05, 0) is 24.5 Å². The van der Waals surface area contributed by atoms with Crippen LogP contribution in [0.25, 0.3) is 0 Å². The molecule has 4 N–H and O–H groups in total. The lowest BCUT2D eigenvalue weighted by molar-refractivity contribution is 0.245. The van der Waals surface area contributed by atoms with Crippen LogP contribution in [0.2, 0.25) is 0 Å². The van der Waals surface area contributed by atoms with Crippen LogP contribution >= 0.6 is 0 Å². The number of hydrogen-bond acceptors (Lipinski definition) is 3. The van der Waals surface area contributed by atoms with E-state index in [1.54, 1.807) is 0 Å². The molecule has 0 aliphatic carbocycles. The van der Waals surface area contributed by atoms with Gasteiger partial charge in [-0.25, -0.2) is 0 Å². The summed E-state index contributed by atoms with van der Waals surface area (Å²) < 4.78 is 0. The summed E-state index contributed by atoms with van der Waals surface area (Å²) in [7, 11) is 0. The molecular formula is C13H19N3O. The van der Waals surface area contributed by atoms with Crippen LogP contribution in [0.4, 0.5) is 5.69 Å². The average molecular weight is 233 g/mol. The Balaban J connectivity index is 2.37. The topological polar surface area (TPSA) is 73.3 Å². The SMILES string of the molecule is CC1CCN(c2ccccc2C(=N)N)C1CO. The van der Waals surface area contributed by atoms with Crippen LogP contribution < -0.4 is 10.6 Å². The van der Waals surface area contributed by atoms with E-state index < -0.39 is 0 Å². The van der Waals surface area contributed by atoms with E-state index in [1.165, 1.54) is 0 Å². The minimum atomic E-state index is 0.0804. The van der Waals surface area contributed by atoms with E-state index in [0.29, 0.717) is 5.92 Å². The molecule has 1 fully saturated rings. The van der Waals surface area contributed by atoms with Gasteiger partial charge in [0.2, 0.25) is 0 Å². The van der Waals surface area contributed by atoms with Crippen LogP contribution in [0.1, 0.15) is 18.9 Å². The largest absolute Gasteiger partial charge is 0.394 e. The van der Waals surface area contributed by atoms with Gasteiger partial charge in [-0.3, -0.25) is 5.41 Å². The van der Waals surface area contributed by atoms with Crippen LogP contribution in [0, 0.1) is 11.3 Å². The summed E-state index contributed by atoms with van der Waals surface area (Å²) in [4.78, 5) is 2.17. The number of hydrogen-bond donors (Lipinski definition) is 3. The minimum Gasteiger partial charge on any atom is -0.394 e. The van der Waals surface area contributed by atoms with Crippen LogP contribution in [-0.2, 0) is 0 Å². The van der Waals surface area contributed by atoms with E-state index in [-0.39, 0.29) is 18.5 Å². The zero-order valence-electron chi connectivity index (χ0n) is 10.1. The van der Waals surface area contributed by atoms with Crippen LogP contribution in [0.3, 0.4) is 0 Å². The molecule has 0 radical (unpaired) electrons. The Morgan fingerprint density at radius 3 is 2.88 bits per heavy atom. The summed E-state index contributed by atoms with van der Waals surface area (Å²) in [6.45, 7) is 3.21. The third-order valence-electron chi connectivity index (χ3n) is 3.57. The van der Waals surface area contributed by atoms with E-state index in [9.17, 15) is 5.11 Å². The number of anilines is 1. The summed E-state index contributed by atoms with van der Waals surface area (Å²) in [5.41, 5.74) is 7.31. The van der Waals surface area contributed by atoms with Gasteiger partial charge >= 0.3 is 0 Å². The van der Waals surface area contributed by atoms with Crippen molar-refractivity contribution in [2.24, 2.45) is 11.7 Å². The maximum atomic E-state index is 9.47. The van der Waals surface area contributed by atoms with Crippen molar-refractivity contribution in [1.82, 2.24) is 0 Å². The van der Waals surface area contributed by atoms with E-state index in [4.69, 9.17) is 11.1 Å². The fourth-order valence-corrected chi connectivity index (χ4v) is 2.54. The second-order valence-corrected chi connectivity index (χ2v) is 4.64. The van der Waals surface area contributed by atoms with Crippen LogP contribution in [-0.4, -0.2) is 30.1 Å². The quantitative estimate of drug-likeness (QED) is 0.542. The van der Waals surface area contributed by atoms with E-state index in [0.717, 1.165) is 24.2 Å². The molecule has 92 valence electrons. The highest BCUT2D eigenvalue weighted by Gasteiger charge is 2.31. The maximum absolute atomic E-state index is 9.47. The molecule has 4 heteroatoms. The molecule has 1 aliphatic rings. The molecule has 1 aromatic carbocycles. The van der Waals surface area contributed by atoms with Gasteiger partial charge in [0.05, 0.1) is 12.6 Å². The van der Waals surface area contributed by atoms with Gasteiger partial charge in [0.1, 0.15) is 5.84 Å². The normalized spacial score (nSPS) is 24.0. The molecule has 2 rings (SSSR count). The Morgan fingerprint density at radius 1 is 1.53 bits per heavy atom. The van der Waals surface area contributed by atoms with Crippen molar-refractivity contribution in [2.75, 3.05) is 18.1 Å². The Morgan fingerprint density at radius 2 is 2.24 bits per heavy atom. The van der Waals surface area contributed by atoms with E-state index >= 15 is 0 Å². The lowest BCUT2D eigenvalue weighted by Gasteiger charge is -2.29. The minimum absolute atomic E-state index is 0.0804. The highest BCUT2D eigenvalue weighted by Crippen LogP contribution is 2.31. The predicted molar refractivity (Wildman–Crippen MR) is 69.5 cm³/mol. The summed E-state index contributed by atoms with van der Waals surface area (Å²) in [6.07, 6.45) is 1.07. The number of aliphatic hydroxyl groups excluding tert-OH is 1. The fraction of sp³-hybridized carbons (Fsp3) is 0.462. The highest BCUT2D eigenvalue weighted by atomic mass is 16.3. The van der Waals surface area contributed by atoms with Crippen molar-refractivity contribution < 1.29 is 5.11 Å². The van der Waals surface area contributed by atoms with E-state index in [2.05, 4.69) is 11.8 Å². The second kappa shape index (κ2) is 4.75. The Kier molecular flexibility index (Phi) is 3.33. The summed E-state index contributed by atoms with van der Waals surface area (Å²) in [5.74, 6) is 0.553. The lowest BCUT2D eigenvalue weighted by Crippen LogP contribution is -2.36. The number of rotatable bonds is 3. The van der Waals surface area contributed by atoms with Gasteiger partial charge in [0.15, 0.2) is 0 Å². The number of benzene rings is 1. The predicted octanol–water partition coefficient (Wildman–Crippen LogP) is 1.18. The molecule has 2 unspecified atom stereocenters. The molecule has 0 spiro atoms. The first kappa shape index (κ1) is 11.9. The molecule has 1 aliphatic heterocycles. The monoisotopic (exact) mass is 233 g/mol. The Labute approximate surface area is 102 Å². The molecular weight excluding hydrogens is 214 g/mol. The molecule has 0 aromatic heterocycles. The third-order valence-corrected chi connectivity index (χ3v) is 3.57. The lowest BCUT2D eigenvalue weighted by atomic mass is 10.0. The number of nitrogen functional groups attached to an aromatic ring is 1. The molecule has 1 aromatic rings. The van der Waals surface area contributed by atoms with Crippen molar-refractivity contribution >= 4 is 11.5 Å². The number of amidine groups is 1. The number of nitrogens with one attached hydrogen (secondary N) is 1. The molecule has 0 saturated carbocycles. The third kappa shape index (κ3) is 2.13. The number of aliphatic hydroxyl groups is 1. The molecule has 1 saturated heterocycles. The van der Waals surface area contributed by atoms with Gasteiger partial charge in [0, 0.05) is 17.8 Å². The van der Waals surface area contributed by atoms with Gasteiger partial charge in [-0.1, -0.05) is 19.1 Å². The van der Waals surface area contributed by atoms with E-state index in [1.807, 2.05) is 24.3 Å². The van der Waals surface area contributed by atoms with Crippen molar-refractivity contribution in [3.63, 3.8) is 0 Å². The van der Waals surface area contributed by atoms with Gasteiger partial charge in [0.25, 0.3) is 0 Å². The first-order chi connectivity index (χ1) is 8.15.